The van der Waals surface area contributed by atoms with Gasteiger partial charge in [-0.05, 0) is 61.4 Å². The van der Waals surface area contributed by atoms with Crippen molar-refractivity contribution >= 4 is 23.2 Å². The minimum atomic E-state index is -0.673. The van der Waals surface area contributed by atoms with E-state index >= 15 is 0 Å². The smallest absolute Gasteiger partial charge is 0.268 e. The minimum absolute atomic E-state index is 0.161. The van der Waals surface area contributed by atoms with Crippen LogP contribution >= 0.6 is 0 Å². The Bertz CT molecular complexity index is 1210. The average Bonchev–Trinajstić information content (AvgIpc) is 3.02. The molecular weight excluding hydrogens is 500 g/mol. The molecule has 2 atom stereocenters. The van der Waals surface area contributed by atoms with Gasteiger partial charge < -0.3 is 19.3 Å². The van der Waals surface area contributed by atoms with Crippen molar-refractivity contribution in [1.82, 2.24) is 0 Å². The Morgan fingerprint density at radius 2 is 0.825 bits per heavy atom. The van der Waals surface area contributed by atoms with Gasteiger partial charge in [0.15, 0.2) is 12.2 Å². The first-order chi connectivity index (χ1) is 19.6. The molecule has 0 heterocycles. The fraction of sp³-hybridized carbons (Fsp3) is 0.235. The lowest BCUT2D eigenvalue weighted by Gasteiger charge is -2.32. The maximum Gasteiger partial charge on any atom is 0.268 e. The molecule has 0 spiro atoms. The van der Waals surface area contributed by atoms with Crippen LogP contribution in [0.1, 0.15) is 26.7 Å². The number of para-hydroxylation sites is 4. The molecule has 6 nitrogen and oxygen atoms in total. The maximum atomic E-state index is 13.9. The molecule has 0 aliphatic heterocycles. The number of benzene rings is 4. The Kier molecular flexibility index (Phi) is 10.3. The van der Waals surface area contributed by atoms with Crippen molar-refractivity contribution < 1.29 is 19.1 Å². The summed E-state index contributed by atoms with van der Waals surface area (Å²) in [6.07, 6.45) is -0.343. The van der Waals surface area contributed by atoms with E-state index in [1.54, 1.807) is 9.80 Å². The molecule has 0 aromatic heterocycles. The maximum absolute atomic E-state index is 13.9. The van der Waals surface area contributed by atoms with Crippen LogP contribution in [0.15, 0.2) is 121 Å². The number of anilines is 2. The van der Waals surface area contributed by atoms with E-state index < -0.39 is 12.2 Å². The Labute approximate surface area is 236 Å². The quantitative estimate of drug-likeness (QED) is 0.189. The summed E-state index contributed by atoms with van der Waals surface area (Å²) in [4.78, 5) is 31.2. The highest BCUT2D eigenvalue weighted by atomic mass is 16.5. The molecule has 0 radical (unpaired) electrons. The molecule has 2 unspecified atom stereocenters. The van der Waals surface area contributed by atoms with E-state index in [4.69, 9.17) is 9.47 Å². The Morgan fingerprint density at radius 3 is 1.12 bits per heavy atom. The van der Waals surface area contributed by atoms with Crippen LogP contribution in [0.4, 0.5) is 11.4 Å². The fourth-order valence-electron chi connectivity index (χ4n) is 4.44. The lowest BCUT2D eigenvalue weighted by atomic mass is 10.1. The summed E-state index contributed by atoms with van der Waals surface area (Å²) in [5.74, 6) is 0.956. The third-order valence-electron chi connectivity index (χ3n) is 6.55. The van der Waals surface area contributed by atoms with Gasteiger partial charge in [-0.2, -0.15) is 0 Å². The number of amides is 2. The van der Waals surface area contributed by atoms with Crippen LogP contribution in [-0.2, 0) is 9.59 Å². The van der Waals surface area contributed by atoms with E-state index in [0.717, 1.165) is 11.4 Å². The van der Waals surface area contributed by atoms with Crippen LogP contribution in [0.5, 0.6) is 11.5 Å². The highest BCUT2D eigenvalue weighted by molar-refractivity contribution is 5.99. The second-order valence-corrected chi connectivity index (χ2v) is 9.31. The van der Waals surface area contributed by atoms with Crippen LogP contribution in [0.3, 0.4) is 0 Å². The van der Waals surface area contributed by atoms with E-state index in [2.05, 4.69) is 0 Å². The number of hydrogen-bond donors (Lipinski definition) is 0. The number of rotatable bonds is 13. The third kappa shape index (κ3) is 7.50. The minimum Gasteiger partial charge on any atom is -0.481 e. The van der Waals surface area contributed by atoms with E-state index in [1.165, 1.54) is 0 Å². The zero-order valence-electron chi connectivity index (χ0n) is 23.1. The summed E-state index contributed by atoms with van der Waals surface area (Å²) in [6, 6.07) is 37.7. The summed E-state index contributed by atoms with van der Waals surface area (Å²) in [5.41, 5.74) is 1.49. The van der Waals surface area contributed by atoms with Crippen molar-refractivity contribution in [3.8, 4) is 11.5 Å². The lowest BCUT2D eigenvalue weighted by molar-refractivity contribution is -0.126. The monoisotopic (exact) mass is 536 g/mol. The number of ether oxygens (including phenoxy) is 2. The topological polar surface area (TPSA) is 59.1 Å². The number of carbonyl (C=O) groups is 2. The molecule has 4 rings (SSSR count). The van der Waals surface area contributed by atoms with Gasteiger partial charge in [-0.3, -0.25) is 9.59 Å². The molecule has 4 aromatic carbocycles. The van der Waals surface area contributed by atoms with Gasteiger partial charge in [-0.25, -0.2) is 0 Å². The molecule has 2 amide bonds. The first-order valence-corrected chi connectivity index (χ1v) is 13.8. The summed E-state index contributed by atoms with van der Waals surface area (Å²) in [6.45, 7) is 4.42. The first kappa shape index (κ1) is 28.4. The highest BCUT2D eigenvalue weighted by Crippen LogP contribution is 2.22. The van der Waals surface area contributed by atoms with Gasteiger partial charge in [0, 0.05) is 24.5 Å². The van der Waals surface area contributed by atoms with E-state index in [0.29, 0.717) is 24.3 Å². The zero-order valence-corrected chi connectivity index (χ0v) is 23.1. The fourth-order valence-corrected chi connectivity index (χ4v) is 4.44. The SMILES string of the molecule is CCC(Oc1ccccc1)C(=O)N(CCN(C(=O)C(CC)Oc1ccccc1)c1ccccc1)c1ccccc1. The normalized spacial score (nSPS) is 12.2. The van der Waals surface area contributed by atoms with Crippen molar-refractivity contribution in [3.05, 3.63) is 121 Å². The van der Waals surface area contributed by atoms with Gasteiger partial charge in [0.2, 0.25) is 0 Å². The van der Waals surface area contributed by atoms with Crippen LogP contribution < -0.4 is 19.3 Å². The van der Waals surface area contributed by atoms with E-state index in [1.807, 2.05) is 135 Å². The van der Waals surface area contributed by atoms with E-state index in [-0.39, 0.29) is 24.9 Å². The van der Waals surface area contributed by atoms with Crippen LogP contribution in [-0.4, -0.2) is 37.1 Å². The predicted octanol–water partition coefficient (Wildman–Crippen LogP) is 6.77. The Balaban J connectivity index is 1.59. The molecule has 6 heteroatoms. The van der Waals surface area contributed by atoms with Gasteiger partial charge in [0.25, 0.3) is 11.8 Å². The number of hydrogen-bond acceptors (Lipinski definition) is 4. The van der Waals surface area contributed by atoms with Crippen LogP contribution in [0.2, 0.25) is 0 Å². The molecule has 0 saturated heterocycles. The van der Waals surface area contributed by atoms with Crippen molar-refractivity contribution in [2.24, 2.45) is 0 Å². The summed E-state index contributed by atoms with van der Waals surface area (Å²) in [5, 5.41) is 0. The standard InChI is InChI=1S/C34H36N2O4/c1-3-31(39-29-21-13-7-14-22-29)33(37)35(27-17-9-5-10-18-27)25-26-36(28-19-11-6-12-20-28)34(38)32(4-2)40-30-23-15-8-16-24-30/h5-24,31-32H,3-4,25-26H2,1-2H3. The van der Waals surface area contributed by atoms with Gasteiger partial charge in [-0.15, -0.1) is 0 Å². The molecule has 0 aliphatic carbocycles. The Morgan fingerprint density at radius 1 is 0.525 bits per heavy atom. The second-order valence-electron chi connectivity index (χ2n) is 9.31. The van der Waals surface area contributed by atoms with Gasteiger partial charge in [-0.1, -0.05) is 86.6 Å². The molecule has 40 heavy (non-hydrogen) atoms. The molecule has 206 valence electrons. The van der Waals surface area contributed by atoms with Crippen molar-refractivity contribution in [3.63, 3.8) is 0 Å². The van der Waals surface area contributed by atoms with Crippen LogP contribution in [0, 0.1) is 0 Å². The largest absolute Gasteiger partial charge is 0.481 e. The van der Waals surface area contributed by atoms with Crippen molar-refractivity contribution in [2.45, 2.75) is 38.9 Å². The van der Waals surface area contributed by atoms with Crippen molar-refractivity contribution in [2.75, 3.05) is 22.9 Å². The molecular formula is C34H36N2O4. The zero-order chi connectivity index (χ0) is 28.2. The first-order valence-electron chi connectivity index (χ1n) is 13.8. The van der Waals surface area contributed by atoms with Crippen molar-refractivity contribution in [1.29, 1.82) is 0 Å². The number of carbonyl (C=O) groups excluding carboxylic acids is 2. The molecule has 0 aliphatic rings. The van der Waals surface area contributed by atoms with Crippen LogP contribution in [0.25, 0.3) is 0 Å². The summed E-state index contributed by atoms with van der Waals surface area (Å²) in [7, 11) is 0. The highest BCUT2D eigenvalue weighted by Gasteiger charge is 2.30. The molecule has 4 aromatic rings. The summed E-state index contributed by atoms with van der Waals surface area (Å²) < 4.78 is 12.2. The van der Waals surface area contributed by atoms with E-state index in [9.17, 15) is 9.59 Å². The van der Waals surface area contributed by atoms with Gasteiger partial charge >= 0.3 is 0 Å². The molecule has 0 saturated carbocycles. The van der Waals surface area contributed by atoms with Gasteiger partial charge in [0.05, 0.1) is 0 Å². The van der Waals surface area contributed by atoms with Gasteiger partial charge in [0.1, 0.15) is 11.5 Å². The predicted molar refractivity (Wildman–Crippen MR) is 160 cm³/mol. The molecule has 0 fully saturated rings. The lowest BCUT2D eigenvalue weighted by Crippen LogP contribution is -2.49. The third-order valence-corrected chi connectivity index (χ3v) is 6.55. The average molecular weight is 537 g/mol. The second kappa shape index (κ2) is 14.5. The Hall–Kier alpha value is -4.58. The number of nitrogens with zero attached hydrogens (tertiary/aromatic N) is 2. The molecule has 0 N–H and O–H groups in total. The summed E-state index contributed by atoms with van der Waals surface area (Å²) >= 11 is 0. The molecule has 0 bridgehead atoms.